The number of anilines is 1. The van der Waals surface area contributed by atoms with Gasteiger partial charge in [-0.25, -0.2) is 0 Å². The molecular weight excluding hydrogens is 332 g/mol. The van der Waals surface area contributed by atoms with Gasteiger partial charge in [0.2, 0.25) is 5.91 Å². The lowest BCUT2D eigenvalue weighted by molar-refractivity contribution is -0.120. The van der Waals surface area contributed by atoms with E-state index >= 15 is 0 Å². The molecule has 0 aliphatic rings. The molecule has 0 saturated carbocycles. The van der Waals surface area contributed by atoms with Gasteiger partial charge in [-0.15, -0.1) is 8.78 Å². The highest BCUT2D eigenvalue weighted by molar-refractivity contribution is 7.08. The minimum absolute atomic E-state index is 0.133. The van der Waals surface area contributed by atoms with E-state index in [-0.39, 0.29) is 11.7 Å². The third-order valence-electron chi connectivity index (χ3n) is 3.14. The van der Waals surface area contributed by atoms with Crippen molar-refractivity contribution in [1.29, 1.82) is 0 Å². The number of halogens is 3. The van der Waals surface area contributed by atoms with Crippen LogP contribution in [0, 0.1) is 0 Å². The number of nitrogens with one attached hydrogen (secondary N) is 1. The van der Waals surface area contributed by atoms with Gasteiger partial charge >= 0.3 is 5.57 Å². The molecule has 1 N–H and O–H groups in total. The third-order valence-corrected chi connectivity index (χ3v) is 3.90. The number of hydrogen-bond donors (Lipinski definition) is 1. The first-order valence-electron chi connectivity index (χ1n) is 6.38. The number of alkyl halides is 3. The fraction of sp³-hybridized carbons (Fsp3) is 0.267. The van der Waals surface area contributed by atoms with Gasteiger partial charge in [0.15, 0.2) is 0 Å². The van der Waals surface area contributed by atoms with Gasteiger partial charge in [-0.3, -0.25) is 4.79 Å². The third kappa shape index (κ3) is 4.18. The van der Waals surface area contributed by atoms with Crippen molar-refractivity contribution in [2.24, 2.45) is 0 Å². The number of carbonyl (C=O) groups is 1. The Balaban J connectivity index is 2.14. The van der Waals surface area contributed by atoms with E-state index in [2.05, 4.69) is 10.1 Å². The number of amides is 1. The Kier molecular flexibility index (Phi) is 4.72. The first-order chi connectivity index (χ1) is 10.2. The predicted molar refractivity (Wildman–Crippen MR) is 83.8 cm³/mol. The number of ether oxygens (including phenoxy) is 1. The summed E-state index contributed by atoms with van der Waals surface area (Å²) in [5.74, 6) is -0.383. The summed E-state index contributed by atoms with van der Waals surface area (Å²) in [5.41, 5.74) is -3.30. The van der Waals surface area contributed by atoms with Crippen LogP contribution < -0.4 is 10.1 Å². The van der Waals surface area contributed by atoms with Gasteiger partial charge < -0.3 is 10.1 Å². The molecule has 2 rings (SSSR count). The fourth-order valence-corrected chi connectivity index (χ4v) is 2.72. The van der Waals surface area contributed by atoms with Gasteiger partial charge in [-0.05, 0) is 48.4 Å². The Morgan fingerprint density at radius 3 is 2.64 bits per heavy atom. The Hall–Kier alpha value is -1.66. The molecule has 22 heavy (non-hydrogen) atoms. The van der Waals surface area contributed by atoms with Crippen molar-refractivity contribution in [2.75, 3.05) is 5.32 Å². The van der Waals surface area contributed by atoms with Crippen LogP contribution >= 0.6 is 22.9 Å². The Labute approximate surface area is 135 Å². The molecule has 0 unspecified atom stereocenters. The van der Waals surface area contributed by atoms with Crippen molar-refractivity contribution >= 4 is 34.5 Å². The molecule has 0 aliphatic heterocycles. The standard InChI is InChI=1S/C15H14ClF2NO2S/c1-14(2,10-6-7-22-9-10)13(20)19-11-4-3-5-12(8-11)21-15(16,17)18/h3-9H,1-2H3,(H,19,20). The normalized spacial score (nSPS) is 12.0. The summed E-state index contributed by atoms with van der Waals surface area (Å²) in [6.45, 7) is 3.58. The molecule has 3 nitrogen and oxygen atoms in total. The van der Waals surface area contributed by atoms with Gasteiger partial charge in [-0.2, -0.15) is 11.3 Å². The summed E-state index contributed by atoms with van der Waals surface area (Å²) >= 11 is 6.23. The van der Waals surface area contributed by atoms with Crippen LogP contribution in [0.15, 0.2) is 41.1 Å². The largest absolute Gasteiger partial charge is 0.487 e. The van der Waals surface area contributed by atoms with Gasteiger partial charge in [0.05, 0.1) is 5.41 Å². The number of thiophene rings is 1. The van der Waals surface area contributed by atoms with E-state index in [1.165, 1.54) is 29.5 Å². The summed E-state index contributed by atoms with van der Waals surface area (Å²) in [5, 5.41) is 6.48. The molecular formula is C15H14ClF2NO2S. The smallest absolute Gasteiger partial charge is 0.420 e. The molecule has 0 radical (unpaired) electrons. The number of benzene rings is 1. The van der Waals surface area contributed by atoms with Crippen LogP contribution in [0.4, 0.5) is 14.5 Å². The first kappa shape index (κ1) is 16.7. The van der Waals surface area contributed by atoms with E-state index < -0.39 is 11.0 Å². The topological polar surface area (TPSA) is 38.3 Å². The molecule has 0 saturated heterocycles. The maximum Gasteiger partial charge on any atom is 0.487 e. The average molecular weight is 346 g/mol. The van der Waals surface area contributed by atoms with E-state index in [1.807, 2.05) is 16.8 Å². The van der Waals surface area contributed by atoms with Crippen LogP contribution in [0.25, 0.3) is 0 Å². The first-order valence-corrected chi connectivity index (χ1v) is 7.70. The molecule has 118 valence electrons. The fourth-order valence-electron chi connectivity index (χ4n) is 1.81. The highest BCUT2D eigenvalue weighted by Crippen LogP contribution is 2.29. The van der Waals surface area contributed by atoms with Crippen molar-refractivity contribution < 1.29 is 18.3 Å². The van der Waals surface area contributed by atoms with Crippen LogP contribution in [0.1, 0.15) is 19.4 Å². The summed E-state index contributed by atoms with van der Waals surface area (Å²) in [6.07, 6.45) is 0. The Morgan fingerprint density at radius 1 is 1.32 bits per heavy atom. The summed E-state index contributed by atoms with van der Waals surface area (Å²) in [7, 11) is 0. The lowest BCUT2D eigenvalue weighted by Gasteiger charge is -2.23. The van der Waals surface area contributed by atoms with E-state index in [1.54, 1.807) is 19.9 Å². The zero-order valence-corrected chi connectivity index (χ0v) is 13.5. The monoisotopic (exact) mass is 345 g/mol. The van der Waals surface area contributed by atoms with Crippen LogP contribution in [-0.2, 0) is 10.2 Å². The summed E-state index contributed by atoms with van der Waals surface area (Å²) < 4.78 is 29.5. The predicted octanol–water partition coefficient (Wildman–Crippen LogP) is 4.83. The second kappa shape index (κ2) is 6.22. The van der Waals surface area contributed by atoms with Crippen LogP contribution in [0.3, 0.4) is 0 Å². The maximum absolute atomic E-state index is 12.6. The van der Waals surface area contributed by atoms with Crippen LogP contribution in [-0.4, -0.2) is 11.5 Å². The molecule has 7 heteroatoms. The van der Waals surface area contributed by atoms with E-state index in [0.29, 0.717) is 5.69 Å². The molecule has 1 aromatic carbocycles. The van der Waals surface area contributed by atoms with Crippen molar-refractivity contribution in [3.05, 3.63) is 46.7 Å². The molecule has 1 amide bonds. The number of carbonyl (C=O) groups excluding carboxylic acids is 1. The molecule has 0 spiro atoms. The van der Waals surface area contributed by atoms with Crippen molar-refractivity contribution in [2.45, 2.75) is 24.8 Å². The quantitative estimate of drug-likeness (QED) is 0.788. The molecule has 0 atom stereocenters. The molecule has 0 bridgehead atoms. The van der Waals surface area contributed by atoms with Gasteiger partial charge in [0.1, 0.15) is 5.75 Å². The Bertz CT molecular complexity index is 654. The Morgan fingerprint density at radius 2 is 2.05 bits per heavy atom. The van der Waals surface area contributed by atoms with Crippen LogP contribution in [0.5, 0.6) is 5.75 Å². The van der Waals surface area contributed by atoms with Crippen molar-refractivity contribution in [3.63, 3.8) is 0 Å². The number of hydrogen-bond acceptors (Lipinski definition) is 3. The molecule has 1 aromatic heterocycles. The minimum atomic E-state index is -3.79. The minimum Gasteiger partial charge on any atom is -0.420 e. The van der Waals surface area contributed by atoms with Crippen LogP contribution in [0.2, 0.25) is 0 Å². The van der Waals surface area contributed by atoms with Crippen molar-refractivity contribution in [3.8, 4) is 5.75 Å². The van der Waals surface area contributed by atoms with Gasteiger partial charge in [0, 0.05) is 23.4 Å². The van der Waals surface area contributed by atoms with Gasteiger partial charge in [0.25, 0.3) is 0 Å². The zero-order chi connectivity index (χ0) is 16.4. The SMILES string of the molecule is CC(C)(C(=O)Nc1cccc(OC(F)(F)Cl)c1)c1ccsc1. The molecule has 2 aromatic rings. The lowest BCUT2D eigenvalue weighted by Crippen LogP contribution is -2.34. The maximum atomic E-state index is 12.6. The van der Waals surface area contributed by atoms with E-state index in [9.17, 15) is 13.6 Å². The van der Waals surface area contributed by atoms with Gasteiger partial charge in [-0.1, -0.05) is 6.07 Å². The molecule has 0 fully saturated rings. The highest BCUT2D eigenvalue weighted by atomic mass is 35.5. The molecule has 1 heterocycles. The second-order valence-corrected chi connectivity index (χ2v) is 6.39. The zero-order valence-electron chi connectivity index (χ0n) is 11.9. The highest BCUT2D eigenvalue weighted by Gasteiger charge is 2.31. The molecule has 0 aliphatic carbocycles. The average Bonchev–Trinajstić information content (AvgIpc) is 2.91. The van der Waals surface area contributed by atoms with Crippen molar-refractivity contribution in [1.82, 2.24) is 0 Å². The second-order valence-electron chi connectivity index (χ2n) is 5.17. The van der Waals surface area contributed by atoms with E-state index in [4.69, 9.17) is 11.6 Å². The summed E-state index contributed by atoms with van der Waals surface area (Å²) in [6, 6.07) is 7.57. The lowest BCUT2D eigenvalue weighted by atomic mass is 9.85. The van der Waals surface area contributed by atoms with E-state index in [0.717, 1.165) is 5.56 Å². The summed E-state index contributed by atoms with van der Waals surface area (Å²) in [4.78, 5) is 12.4. The number of rotatable bonds is 5.